The van der Waals surface area contributed by atoms with E-state index >= 15 is 0 Å². The topological polar surface area (TPSA) is 30.7 Å². The van der Waals surface area contributed by atoms with Gasteiger partial charge < -0.3 is 0 Å². The van der Waals surface area contributed by atoms with Crippen LogP contribution in [-0.2, 0) is 6.54 Å². The Kier molecular flexibility index (Phi) is 3.04. The molecule has 2 rings (SSSR count). The third-order valence-corrected chi connectivity index (χ3v) is 2.57. The van der Waals surface area contributed by atoms with Crippen LogP contribution in [0.2, 0.25) is 0 Å². The first kappa shape index (κ1) is 10.9. The molecule has 0 saturated carbocycles. The van der Waals surface area contributed by atoms with Gasteiger partial charge in [-0.1, -0.05) is 48.9 Å². The van der Waals surface area contributed by atoms with E-state index in [0.717, 1.165) is 12.2 Å². The zero-order chi connectivity index (χ0) is 11.5. The highest BCUT2D eigenvalue weighted by Crippen LogP contribution is 2.11. The van der Waals surface area contributed by atoms with Crippen molar-refractivity contribution in [3.05, 3.63) is 47.3 Å². The van der Waals surface area contributed by atoms with Crippen LogP contribution < -0.4 is 0 Å². The van der Waals surface area contributed by atoms with Crippen LogP contribution in [0.5, 0.6) is 0 Å². The zero-order valence-electron chi connectivity index (χ0n) is 10.0. The predicted molar refractivity (Wildman–Crippen MR) is 64.4 cm³/mol. The Morgan fingerprint density at radius 2 is 2.12 bits per heavy atom. The number of hydrogen-bond acceptors (Lipinski definition) is 2. The van der Waals surface area contributed by atoms with Crippen molar-refractivity contribution in [3.8, 4) is 0 Å². The minimum absolute atomic E-state index is 0.436. The lowest BCUT2D eigenvalue weighted by atomic mass is 10.1. The average Bonchev–Trinajstić information content (AvgIpc) is 2.66. The molecule has 3 nitrogen and oxygen atoms in total. The van der Waals surface area contributed by atoms with Crippen LogP contribution in [0.25, 0.3) is 0 Å². The first-order valence-electron chi connectivity index (χ1n) is 5.61. The molecule has 0 aliphatic carbocycles. The second kappa shape index (κ2) is 4.47. The van der Waals surface area contributed by atoms with E-state index in [1.807, 2.05) is 10.9 Å². The molecule has 2 aromatic rings. The molecule has 0 amide bonds. The van der Waals surface area contributed by atoms with Gasteiger partial charge in [-0.15, -0.1) is 5.10 Å². The largest absolute Gasteiger partial charge is 0.248 e. The summed E-state index contributed by atoms with van der Waals surface area (Å²) in [6, 6.07) is 8.47. The lowest BCUT2D eigenvalue weighted by Gasteiger charge is -2.02. The minimum atomic E-state index is 0.436. The highest BCUT2D eigenvalue weighted by atomic mass is 15.4. The summed E-state index contributed by atoms with van der Waals surface area (Å²) in [7, 11) is 0. The van der Waals surface area contributed by atoms with E-state index in [0.29, 0.717) is 5.92 Å². The summed E-state index contributed by atoms with van der Waals surface area (Å²) in [6.07, 6.45) is 2.02. The molecule has 0 aliphatic heterocycles. The highest BCUT2D eigenvalue weighted by Gasteiger charge is 2.04. The molecule has 0 atom stereocenters. The molecule has 0 aliphatic rings. The summed E-state index contributed by atoms with van der Waals surface area (Å²) in [4.78, 5) is 0. The van der Waals surface area contributed by atoms with E-state index < -0.39 is 0 Å². The Hall–Kier alpha value is -1.64. The predicted octanol–water partition coefficient (Wildman–Crippen LogP) is 2.76. The van der Waals surface area contributed by atoms with Crippen molar-refractivity contribution >= 4 is 0 Å². The highest BCUT2D eigenvalue weighted by molar-refractivity contribution is 5.22. The lowest BCUT2D eigenvalue weighted by Crippen LogP contribution is -2.00. The lowest BCUT2D eigenvalue weighted by molar-refractivity contribution is 0.648. The molecule has 0 bridgehead atoms. The molecule has 0 spiro atoms. The standard InChI is InChI=1S/C13H17N3/c1-10(2)13-9-16(15-14-13)8-12-6-4-5-11(3)7-12/h4-7,9-10H,8H2,1-3H3. The van der Waals surface area contributed by atoms with Gasteiger partial charge >= 0.3 is 0 Å². The van der Waals surface area contributed by atoms with Crippen LogP contribution in [0.15, 0.2) is 30.5 Å². The number of aromatic nitrogens is 3. The van der Waals surface area contributed by atoms with Gasteiger partial charge in [0.05, 0.1) is 12.2 Å². The van der Waals surface area contributed by atoms with Crippen molar-refractivity contribution in [2.45, 2.75) is 33.2 Å². The molecule has 0 saturated heterocycles. The van der Waals surface area contributed by atoms with Crippen LogP contribution in [-0.4, -0.2) is 15.0 Å². The van der Waals surface area contributed by atoms with Gasteiger partial charge in [-0.25, -0.2) is 4.68 Å². The van der Waals surface area contributed by atoms with Gasteiger partial charge in [0, 0.05) is 6.20 Å². The van der Waals surface area contributed by atoms with Crippen LogP contribution in [0.3, 0.4) is 0 Å². The fourth-order valence-electron chi connectivity index (χ4n) is 1.65. The Balaban J connectivity index is 2.14. The van der Waals surface area contributed by atoms with Crippen LogP contribution in [0, 0.1) is 6.92 Å². The van der Waals surface area contributed by atoms with Crippen LogP contribution in [0.1, 0.15) is 36.6 Å². The molecular weight excluding hydrogens is 198 g/mol. The number of benzene rings is 1. The molecule has 1 aromatic carbocycles. The molecule has 1 aromatic heterocycles. The third kappa shape index (κ3) is 2.48. The second-order valence-electron chi connectivity index (χ2n) is 4.48. The summed E-state index contributed by atoms with van der Waals surface area (Å²) in [6.45, 7) is 7.15. The van der Waals surface area contributed by atoms with E-state index in [1.54, 1.807) is 0 Å². The number of aryl methyl sites for hydroxylation is 1. The molecule has 16 heavy (non-hydrogen) atoms. The Bertz CT molecular complexity index is 472. The normalized spacial score (nSPS) is 11.0. The van der Waals surface area contributed by atoms with Gasteiger partial charge in [0.1, 0.15) is 0 Å². The first-order chi connectivity index (χ1) is 7.65. The van der Waals surface area contributed by atoms with Gasteiger partial charge in [0.2, 0.25) is 0 Å². The monoisotopic (exact) mass is 215 g/mol. The van der Waals surface area contributed by atoms with Gasteiger partial charge in [-0.3, -0.25) is 0 Å². The SMILES string of the molecule is Cc1cccc(Cn2cc(C(C)C)nn2)c1. The zero-order valence-corrected chi connectivity index (χ0v) is 10.0. The Morgan fingerprint density at radius 1 is 1.31 bits per heavy atom. The number of nitrogens with zero attached hydrogens (tertiary/aromatic N) is 3. The fraction of sp³-hybridized carbons (Fsp3) is 0.385. The van der Waals surface area contributed by atoms with E-state index in [4.69, 9.17) is 0 Å². The molecule has 84 valence electrons. The minimum Gasteiger partial charge on any atom is -0.248 e. The first-order valence-corrected chi connectivity index (χ1v) is 5.61. The van der Waals surface area contributed by atoms with Gasteiger partial charge in [-0.2, -0.15) is 0 Å². The number of hydrogen-bond donors (Lipinski definition) is 0. The van der Waals surface area contributed by atoms with Gasteiger partial charge in [0.25, 0.3) is 0 Å². The Morgan fingerprint density at radius 3 is 2.75 bits per heavy atom. The summed E-state index contributed by atoms with van der Waals surface area (Å²) in [5, 5.41) is 8.28. The second-order valence-corrected chi connectivity index (χ2v) is 4.48. The summed E-state index contributed by atoms with van der Waals surface area (Å²) < 4.78 is 1.89. The molecule has 0 unspecified atom stereocenters. The van der Waals surface area contributed by atoms with Crippen molar-refractivity contribution in [1.82, 2.24) is 15.0 Å². The van der Waals surface area contributed by atoms with E-state index in [2.05, 4.69) is 55.3 Å². The van der Waals surface area contributed by atoms with Crippen molar-refractivity contribution in [2.24, 2.45) is 0 Å². The summed E-state index contributed by atoms with van der Waals surface area (Å²) >= 11 is 0. The molecule has 0 fully saturated rings. The molecule has 0 N–H and O–H groups in total. The summed E-state index contributed by atoms with van der Waals surface area (Å²) in [5.41, 5.74) is 3.59. The van der Waals surface area contributed by atoms with E-state index in [9.17, 15) is 0 Å². The van der Waals surface area contributed by atoms with Crippen LogP contribution in [0.4, 0.5) is 0 Å². The van der Waals surface area contributed by atoms with Crippen molar-refractivity contribution < 1.29 is 0 Å². The van der Waals surface area contributed by atoms with E-state index in [1.165, 1.54) is 11.1 Å². The number of rotatable bonds is 3. The van der Waals surface area contributed by atoms with Gasteiger partial charge in [-0.05, 0) is 18.4 Å². The molecule has 0 radical (unpaired) electrons. The molecular formula is C13H17N3. The van der Waals surface area contributed by atoms with Crippen molar-refractivity contribution in [2.75, 3.05) is 0 Å². The maximum Gasteiger partial charge on any atom is 0.0852 e. The smallest absolute Gasteiger partial charge is 0.0852 e. The maximum atomic E-state index is 4.15. The third-order valence-electron chi connectivity index (χ3n) is 2.57. The van der Waals surface area contributed by atoms with Crippen LogP contribution >= 0.6 is 0 Å². The average molecular weight is 215 g/mol. The summed E-state index contributed by atoms with van der Waals surface area (Å²) in [5.74, 6) is 0.436. The fourth-order valence-corrected chi connectivity index (χ4v) is 1.65. The maximum absolute atomic E-state index is 4.15. The molecule has 3 heteroatoms. The quantitative estimate of drug-likeness (QED) is 0.788. The van der Waals surface area contributed by atoms with E-state index in [-0.39, 0.29) is 0 Å². The van der Waals surface area contributed by atoms with Gasteiger partial charge in [0.15, 0.2) is 0 Å². The Labute approximate surface area is 96.1 Å². The van der Waals surface area contributed by atoms with Crippen molar-refractivity contribution in [3.63, 3.8) is 0 Å². The van der Waals surface area contributed by atoms with Crippen molar-refractivity contribution in [1.29, 1.82) is 0 Å². The molecule has 1 heterocycles.